The normalized spacial score (nSPS) is 13.7. The Morgan fingerprint density at radius 2 is 1.60 bits per heavy atom. The maximum atomic E-state index is 12.3. The van der Waals surface area contributed by atoms with Crippen LogP contribution in [0.1, 0.15) is 48.7 Å². The third-order valence-electron chi connectivity index (χ3n) is 4.76. The summed E-state index contributed by atoms with van der Waals surface area (Å²) in [5.41, 5.74) is 1.90. The molecule has 0 bridgehead atoms. The third kappa shape index (κ3) is 5.76. The molecule has 5 nitrogen and oxygen atoms in total. The number of aliphatic hydroxyl groups is 4. The molecule has 0 radical (unpaired) electrons. The van der Waals surface area contributed by atoms with E-state index in [1.807, 2.05) is 19.9 Å². The average Bonchev–Trinajstić information content (AvgIpc) is 2.75. The molecule has 158 valence electrons. The summed E-state index contributed by atoms with van der Waals surface area (Å²) in [6, 6.07) is 15.0. The summed E-state index contributed by atoms with van der Waals surface area (Å²) in [5, 5.41) is 42.2. The fraction of sp³-hybridized carbons (Fsp3) is 0.240. The van der Waals surface area contributed by atoms with E-state index in [0.717, 1.165) is 5.57 Å². The van der Waals surface area contributed by atoms with Crippen molar-refractivity contribution in [1.29, 1.82) is 0 Å². The van der Waals surface area contributed by atoms with Crippen molar-refractivity contribution in [3.8, 4) is 0 Å². The second kappa shape index (κ2) is 10.2. The summed E-state index contributed by atoms with van der Waals surface area (Å²) in [4.78, 5) is 12.3. The van der Waals surface area contributed by atoms with Crippen molar-refractivity contribution in [2.45, 2.75) is 39.1 Å². The van der Waals surface area contributed by atoms with Gasteiger partial charge in [-0.25, -0.2) is 0 Å². The van der Waals surface area contributed by atoms with Crippen LogP contribution < -0.4 is 0 Å². The molecule has 0 aliphatic carbocycles. The number of hydrogen-bond acceptors (Lipinski definition) is 5. The van der Waals surface area contributed by atoms with Crippen molar-refractivity contribution < 1.29 is 25.2 Å². The van der Waals surface area contributed by atoms with Gasteiger partial charge < -0.3 is 20.4 Å². The van der Waals surface area contributed by atoms with Gasteiger partial charge in [-0.15, -0.1) is 0 Å². The zero-order valence-corrected chi connectivity index (χ0v) is 17.4. The molecule has 0 aliphatic rings. The first-order valence-corrected chi connectivity index (χ1v) is 9.68. The zero-order chi connectivity index (χ0) is 22.3. The van der Waals surface area contributed by atoms with Gasteiger partial charge in [-0.05, 0) is 44.4 Å². The summed E-state index contributed by atoms with van der Waals surface area (Å²) < 4.78 is 0. The van der Waals surface area contributed by atoms with E-state index in [9.17, 15) is 25.2 Å². The lowest BCUT2D eigenvalue weighted by molar-refractivity contribution is -0.162. The van der Waals surface area contributed by atoms with Gasteiger partial charge in [0, 0.05) is 11.1 Å². The van der Waals surface area contributed by atoms with Crippen LogP contribution in [0, 0.1) is 0 Å². The quantitative estimate of drug-likeness (QED) is 0.172. The van der Waals surface area contributed by atoms with Crippen molar-refractivity contribution in [3.05, 3.63) is 100 Å². The molecule has 0 aliphatic heterocycles. The molecular formula is C25H28O5. The standard InChI is InChI=1S/C25H28O5/c1-17(2)13-15-22(26)18(3)24(28)25(29,30)21-12-8-7-9-19(21)14-16-23(27)20-10-5-4-6-11-20/h4-14,16,22,26,28-30H,15H2,1-3H3/b16-14+,24-18-. The van der Waals surface area contributed by atoms with E-state index in [2.05, 4.69) is 0 Å². The fourth-order valence-corrected chi connectivity index (χ4v) is 2.91. The molecule has 0 aromatic heterocycles. The second-order valence-electron chi connectivity index (χ2n) is 7.39. The number of allylic oxidation sites excluding steroid dienone is 2. The van der Waals surface area contributed by atoms with Crippen LogP contribution in [-0.2, 0) is 5.79 Å². The minimum Gasteiger partial charge on any atom is -0.506 e. The van der Waals surface area contributed by atoms with Crippen molar-refractivity contribution >= 4 is 11.9 Å². The largest absolute Gasteiger partial charge is 0.506 e. The van der Waals surface area contributed by atoms with Crippen LogP contribution >= 0.6 is 0 Å². The SMILES string of the molecule is CC(C)=CCC(O)/C(C)=C(\O)C(O)(O)c1ccccc1/C=C/C(=O)c1ccccc1. The minimum atomic E-state index is -2.73. The van der Waals surface area contributed by atoms with Gasteiger partial charge in [-0.1, -0.05) is 72.3 Å². The van der Waals surface area contributed by atoms with Crippen molar-refractivity contribution in [3.63, 3.8) is 0 Å². The summed E-state index contributed by atoms with van der Waals surface area (Å²) in [5.74, 6) is -3.71. The predicted molar refractivity (Wildman–Crippen MR) is 118 cm³/mol. The molecular weight excluding hydrogens is 380 g/mol. The maximum absolute atomic E-state index is 12.3. The highest BCUT2D eigenvalue weighted by atomic mass is 16.5. The van der Waals surface area contributed by atoms with Gasteiger partial charge in [0.25, 0.3) is 5.79 Å². The van der Waals surface area contributed by atoms with E-state index in [0.29, 0.717) is 11.1 Å². The highest BCUT2D eigenvalue weighted by Crippen LogP contribution is 2.31. The molecule has 2 aromatic carbocycles. The van der Waals surface area contributed by atoms with Gasteiger partial charge in [0.1, 0.15) is 0 Å². The van der Waals surface area contributed by atoms with E-state index in [1.54, 1.807) is 48.5 Å². The Labute approximate surface area is 177 Å². The molecule has 30 heavy (non-hydrogen) atoms. The van der Waals surface area contributed by atoms with Gasteiger partial charge >= 0.3 is 0 Å². The lowest BCUT2D eigenvalue weighted by Gasteiger charge is -2.26. The number of carbonyl (C=O) groups is 1. The fourth-order valence-electron chi connectivity index (χ4n) is 2.91. The molecule has 0 fully saturated rings. The highest BCUT2D eigenvalue weighted by Gasteiger charge is 2.35. The van der Waals surface area contributed by atoms with Gasteiger partial charge in [0.2, 0.25) is 0 Å². The van der Waals surface area contributed by atoms with Crippen LogP contribution in [0.3, 0.4) is 0 Å². The Hall–Kier alpha value is -2.99. The molecule has 0 saturated heterocycles. The first-order valence-electron chi connectivity index (χ1n) is 9.68. The van der Waals surface area contributed by atoms with E-state index >= 15 is 0 Å². The third-order valence-corrected chi connectivity index (χ3v) is 4.76. The zero-order valence-electron chi connectivity index (χ0n) is 17.4. The Bertz CT molecular complexity index is 964. The molecule has 4 N–H and O–H groups in total. The number of carbonyl (C=O) groups excluding carboxylic acids is 1. The molecule has 1 unspecified atom stereocenters. The van der Waals surface area contributed by atoms with Crippen molar-refractivity contribution in [1.82, 2.24) is 0 Å². The minimum absolute atomic E-state index is 0.00613. The van der Waals surface area contributed by atoms with E-state index in [1.165, 1.54) is 25.1 Å². The van der Waals surface area contributed by atoms with Crippen LogP contribution in [0.5, 0.6) is 0 Å². The Kier molecular flexibility index (Phi) is 7.89. The molecule has 5 heteroatoms. The Balaban J connectivity index is 2.36. The van der Waals surface area contributed by atoms with Crippen LogP contribution in [0.25, 0.3) is 6.08 Å². The van der Waals surface area contributed by atoms with Gasteiger partial charge in [0.05, 0.1) is 6.10 Å². The Morgan fingerprint density at radius 3 is 2.23 bits per heavy atom. The predicted octanol–water partition coefficient (Wildman–Crippen LogP) is 4.27. The monoisotopic (exact) mass is 408 g/mol. The topological polar surface area (TPSA) is 98.0 Å². The van der Waals surface area contributed by atoms with Crippen LogP contribution in [0.4, 0.5) is 0 Å². The summed E-state index contributed by atoms with van der Waals surface area (Å²) in [7, 11) is 0. The first-order chi connectivity index (χ1) is 14.1. The Morgan fingerprint density at radius 1 is 1.00 bits per heavy atom. The molecule has 0 amide bonds. The number of rotatable bonds is 8. The number of aliphatic hydroxyl groups excluding tert-OH is 2. The molecule has 1 atom stereocenters. The van der Waals surface area contributed by atoms with Crippen LogP contribution in [0.2, 0.25) is 0 Å². The first kappa shape index (κ1) is 23.3. The molecule has 0 heterocycles. The number of hydrogen-bond donors (Lipinski definition) is 4. The molecule has 2 aromatic rings. The van der Waals surface area contributed by atoms with Gasteiger partial charge in [0.15, 0.2) is 11.5 Å². The smallest absolute Gasteiger partial charge is 0.250 e. The maximum Gasteiger partial charge on any atom is 0.250 e. The van der Waals surface area contributed by atoms with Gasteiger partial charge in [-0.3, -0.25) is 4.79 Å². The molecule has 2 rings (SSSR count). The van der Waals surface area contributed by atoms with E-state index in [4.69, 9.17) is 0 Å². The summed E-state index contributed by atoms with van der Waals surface area (Å²) in [6.07, 6.45) is 3.77. The number of ketones is 1. The lowest BCUT2D eigenvalue weighted by Crippen LogP contribution is -2.31. The lowest BCUT2D eigenvalue weighted by atomic mass is 9.93. The second-order valence-corrected chi connectivity index (χ2v) is 7.39. The molecule has 0 saturated carbocycles. The molecule has 0 spiro atoms. The van der Waals surface area contributed by atoms with Gasteiger partial charge in [-0.2, -0.15) is 0 Å². The summed E-state index contributed by atoms with van der Waals surface area (Å²) >= 11 is 0. The van der Waals surface area contributed by atoms with Crippen molar-refractivity contribution in [2.24, 2.45) is 0 Å². The number of benzene rings is 2. The highest BCUT2D eigenvalue weighted by molar-refractivity contribution is 6.06. The van der Waals surface area contributed by atoms with Crippen LogP contribution in [-0.4, -0.2) is 32.3 Å². The summed E-state index contributed by atoms with van der Waals surface area (Å²) in [6.45, 7) is 5.21. The van der Waals surface area contributed by atoms with Crippen molar-refractivity contribution in [2.75, 3.05) is 0 Å². The van der Waals surface area contributed by atoms with Crippen LogP contribution in [0.15, 0.2) is 83.7 Å². The van der Waals surface area contributed by atoms with E-state index < -0.39 is 17.7 Å². The average molecular weight is 408 g/mol. The van der Waals surface area contributed by atoms with E-state index in [-0.39, 0.29) is 23.3 Å².